The van der Waals surface area contributed by atoms with Gasteiger partial charge in [-0.2, -0.15) is 0 Å². The number of aromatic nitrogens is 1. The summed E-state index contributed by atoms with van der Waals surface area (Å²) in [5.41, 5.74) is 0.998. The molecule has 0 spiro atoms. The lowest BCUT2D eigenvalue weighted by Gasteiger charge is -2.08. The Kier molecular flexibility index (Phi) is 4.74. The molecule has 2 rings (SSSR count). The van der Waals surface area contributed by atoms with E-state index in [0.717, 1.165) is 4.47 Å². The number of para-hydroxylation sites is 1. The summed E-state index contributed by atoms with van der Waals surface area (Å²) in [6, 6.07) is 8.08. The van der Waals surface area contributed by atoms with Crippen molar-refractivity contribution in [3.05, 3.63) is 62.4 Å². The average Bonchev–Trinajstić information content (AvgIpc) is 2.86. The van der Waals surface area contributed by atoms with Crippen molar-refractivity contribution in [3.63, 3.8) is 0 Å². The van der Waals surface area contributed by atoms with Crippen LogP contribution in [0.5, 0.6) is 0 Å². The molecule has 1 N–H and O–H groups in total. The molecule has 1 aromatic heterocycles. The van der Waals surface area contributed by atoms with Crippen LogP contribution < -0.4 is 5.32 Å². The summed E-state index contributed by atoms with van der Waals surface area (Å²) < 4.78 is 2.62. The Morgan fingerprint density at radius 1 is 1.43 bits per heavy atom. The second-order valence-corrected chi connectivity index (χ2v) is 5.31. The molecule has 7 heteroatoms. The Labute approximate surface area is 130 Å². The number of nitrogens with one attached hydrogen (secondary N) is 1. The third kappa shape index (κ3) is 3.49. The molecule has 6 nitrogen and oxygen atoms in total. The van der Waals surface area contributed by atoms with E-state index in [1.54, 1.807) is 28.8 Å². The highest BCUT2D eigenvalue weighted by Crippen LogP contribution is 2.18. The SMILES string of the molecule is CCn1cc(Br)cc1C(=O)NCc1ccccc1[N+](=O)[O-]. The van der Waals surface area contributed by atoms with Crippen LogP contribution in [0.15, 0.2) is 41.0 Å². The number of hydrogen-bond donors (Lipinski definition) is 1. The lowest BCUT2D eigenvalue weighted by atomic mass is 10.2. The van der Waals surface area contributed by atoms with Crippen molar-refractivity contribution in [1.29, 1.82) is 0 Å². The van der Waals surface area contributed by atoms with E-state index in [1.165, 1.54) is 6.07 Å². The molecule has 0 bridgehead atoms. The number of aryl methyl sites for hydroxylation is 1. The van der Waals surface area contributed by atoms with Crippen LogP contribution in [0.3, 0.4) is 0 Å². The number of carbonyl (C=O) groups excluding carboxylic acids is 1. The van der Waals surface area contributed by atoms with Crippen molar-refractivity contribution in [2.45, 2.75) is 20.0 Å². The summed E-state index contributed by atoms with van der Waals surface area (Å²) in [5, 5.41) is 13.6. The van der Waals surface area contributed by atoms with E-state index in [1.807, 2.05) is 13.1 Å². The number of halogens is 1. The summed E-state index contributed by atoms with van der Waals surface area (Å²) in [6.07, 6.45) is 1.82. The predicted octanol–water partition coefficient (Wildman–Crippen LogP) is 3.11. The van der Waals surface area contributed by atoms with Crippen molar-refractivity contribution >= 4 is 27.5 Å². The van der Waals surface area contributed by atoms with Crippen molar-refractivity contribution in [2.24, 2.45) is 0 Å². The first-order valence-electron chi connectivity index (χ1n) is 6.39. The molecule has 0 fully saturated rings. The maximum absolute atomic E-state index is 12.2. The maximum Gasteiger partial charge on any atom is 0.274 e. The van der Waals surface area contributed by atoms with Gasteiger partial charge in [0.1, 0.15) is 5.69 Å². The van der Waals surface area contributed by atoms with Gasteiger partial charge in [0.15, 0.2) is 0 Å². The van der Waals surface area contributed by atoms with E-state index in [2.05, 4.69) is 21.2 Å². The van der Waals surface area contributed by atoms with E-state index < -0.39 is 4.92 Å². The summed E-state index contributed by atoms with van der Waals surface area (Å²) >= 11 is 3.33. The van der Waals surface area contributed by atoms with Gasteiger partial charge in [0.05, 0.1) is 4.92 Å². The number of nitrogens with zero attached hydrogens (tertiary/aromatic N) is 2. The molecule has 1 heterocycles. The smallest absolute Gasteiger partial charge is 0.274 e. The molecule has 21 heavy (non-hydrogen) atoms. The molecule has 1 aromatic carbocycles. The molecule has 0 atom stereocenters. The van der Waals surface area contributed by atoms with Gasteiger partial charge in [-0.3, -0.25) is 14.9 Å². The van der Waals surface area contributed by atoms with Gasteiger partial charge in [-0.05, 0) is 28.9 Å². The normalized spacial score (nSPS) is 10.4. The van der Waals surface area contributed by atoms with Gasteiger partial charge < -0.3 is 9.88 Å². The second kappa shape index (κ2) is 6.53. The molecular weight excluding hydrogens is 338 g/mol. The zero-order chi connectivity index (χ0) is 15.4. The lowest BCUT2D eigenvalue weighted by molar-refractivity contribution is -0.385. The Hall–Kier alpha value is -2.15. The standard InChI is InChI=1S/C14H14BrN3O3/c1-2-17-9-11(15)7-13(17)14(19)16-8-10-5-3-4-6-12(10)18(20)21/h3-7,9H,2,8H2,1H3,(H,16,19). The second-order valence-electron chi connectivity index (χ2n) is 4.40. The van der Waals surface area contributed by atoms with Gasteiger partial charge in [-0.25, -0.2) is 0 Å². The van der Waals surface area contributed by atoms with Crippen molar-refractivity contribution < 1.29 is 9.72 Å². The molecule has 2 aromatic rings. The highest BCUT2D eigenvalue weighted by atomic mass is 79.9. The molecule has 0 saturated heterocycles. The topological polar surface area (TPSA) is 77.2 Å². The first-order valence-corrected chi connectivity index (χ1v) is 7.18. The minimum atomic E-state index is -0.452. The van der Waals surface area contributed by atoms with Crippen LogP contribution in [-0.4, -0.2) is 15.4 Å². The van der Waals surface area contributed by atoms with Crippen LogP contribution in [0, 0.1) is 10.1 Å². The molecule has 0 saturated carbocycles. The van der Waals surface area contributed by atoms with Crippen LogP contribution in [-0.2, 0) is 13.1 Å². The van der Waals surface area contributed by atoms with E-state index >= 15 is 0 Å². The van der Waals surface area contributed by atoms with E-state index in [-0.39, 0.29) is 18.1 Å². The zero-order valence-electron chi connectivity index (χ0n) is 11.4. The number of amides is 1. The summed E-state index contributed by atoms with van der Waals surface area (Å²) in [6.45, 7) is 2.72. The summed E-state index contributed by atoms with van der Waals surface area (Å²) in [4.78, 5) is 22.6. The van der Waals surface area contributed by atoms with Crippen molar-refractivity contribution in [1.82, 2.24) is 9.88 Å². The number of benzene rings is 1. The number of nitro benzene ring substituents is 1. The Bertz CT molecular complexity index is 682. The minimum Gasteiger partial charge on any atom is -0.346 e. The highest BCUT2D eigenvalue weighted by molar-refractivity contribution is 9.10. The molecule has 0 aliphatic rings. The van der Waals surface area contributed by atoms with Gasteiger partial charge in [0.25, 0.3) is 11.6 Å². The molecule has 0 aliphatic heterocycles. The van der Waals surface area contributed by atoms with Crippen LogP contribution in [0.1, 0.15) is 23.0 Å². The van der Waals surface area contributed by atoms with E-state index in [0.29, 0.717) is 17.8 Å². The summed E-state index contributed by atoms with van der Waals surface area (Å²) in [5.74, 6) is -0.263. The molecule has 110 valence electrons. The van der Waals surface area contributed by atoms with Crippen molar-refractivity contribution in [2.75, 3.05) is 0 Å². The first-order chi connectivity index (χ1) is 10.0. The fourth-order valence-electron chi connectivity index (χ4n) is 2.03. The largest absolute Gasteiger partial charge is 0.346 e. The Morgan fingerprint density at radius 3 is 2.81 bits per heavy atom. The average molecular weight is 352 g/mol. The van der Waals surface area contributed by atoms with Crippen molar-refractivity contribution in [3.8, 4) is 0 Å². The van der Waals surface area contributed by atoms with E-state index in [9.17, 15) is 14.9 Å². The van der Waals surface area contributed by atoms with Gasteiger partial charge in [-0.1, -0.05) is 18.2 Å². The van der Waals surface area contributed by atoms with Crippen LogP contribution >= 0.6 is 15.9 Å². The quantitative estimate of drug-likeness (QED) is 0.664. The van der Waals surface area contributed by atoms with Crippen LogP contribution in [0.4, 0.5) is 5.69 Å². The number of nitro groups is 1. The highest BCUT2D eigenvalue weighted by Gasteiger charge is 2.15. The van der Waals surface area contributed by atoms with Gasteiger partial charge in [0, 0.05) is 35.4 Å². The Morgan fingerprint density at radius 2 is 2.14 bits per heavy atom. The number of rotatable bonds is 5. The molecule has 0 radical (unpaired) electrons. The zero-order valence-corrected chi connectivity index (χ0v) is 13.0. The number of hydrogen-bond acceptors (Lipinski definition) is 3. The fourth-order valence-corrected chi connectivity index (χ4v) is 2.50. The lowest BCUT2D eigenvalue weighted by Crippen LogP contribution is -2.25. The Balaban J connectivity index is 2.13. The maximum atomic E-state index is 12.2. The van der Waals surface area contributed by atoms with Crippen LogP contribution in [0.2, 0.25) is 0 Å². The fraction of sp³-hybridized carbons (Fsp3) is 0.214. The molecular formula is C14H14BrN3O3. The summed E-state index contributed by atoms with van der Waals surface area (Å²) in [7, 11) is 0. The third-order valence-electron chi connectivity index (χ3n) is 3.06. The van der Waals surface area contributed by atoms with Crippen LogP contribution in [0.25, 0.3) is 0 Å². The molecule has 1 amide bonds. The number of carbonyl (C=O) groups is 1. The van der Waals surface area contributed by atoms with E-state index in [4.69, 9.17) is 0 Å². The van der Waals surface area contributed by atoms with Gasteiger partial charge in [-0.15, -0.1) is 0 Å². The van der Waals surface area contributed by atoms with Gasteiger partial charge in [0.2, 0.25) is 0 Å². The molecule has 0 unspecified atom stereocenters. The molecule has 0 aliphatic carbocycles. The predicted molar refractivity (Wildman–Crippen MR) is 82.1 cm³/mol. The first kappa shape index (κ1) is 15.2. The third-order valence-corrected chi connectivity index (χ3v) is 3.50. The van der Waals surface area contributed by atoms with Gasteiger partial charge >= 0.3 is 0 Å². The minimum absolute atomic E-state index is 0.00450. The monoisotopic (exact) mass is 351 g/mol.